The second-order valence-electron chi connectivity index (χ2n) is 18.3. The van der Waals surface area contributed by atoms with Gasteiger partial charge in [0.25, 0.3) is 0 Å². The molecule has 7 N–H and O–H groups in total. The lowest BCUT2D eigenvalue weighted by Gasteiger charge is -2.56. The van der Waals surface area contributed by atoms with E-state index in [0.717, 1.165) is 11.8 Å². The standard InChI is InChI=1S/C44H58O17S/c1-18-25(45)9-11-33(56-18)61-44-30(47)16-42(5,53)17-43(44,54)31(62-6)13-24-36(44)41(52)23-8-7-22(39(50)35(23)40(24)51)28-15-29(38(49)21(4)55-28)60-32-12-10-27(19(2)57-32)59-34-14-26(46)37(48)20(3)58-34/h7-8,13,18-21,25-29,32-34,37-38,45-46,48-50,53-54H,9-12,14-17H2,1-6H3/t18-,19-,20-,21-,25+,26-,27-,28+,29-,32+,33+,34+,37-,38-,42+,43+,44+/m1/s1. The SMILES string of the molecule is CSC1=CC2=C(C(=O)c3ccc([C@@H]4C[C@@H](O[C@H]5CC[C@@H](O[C@H]6C[C@@H](O)[C@H](O)[C@@H](C)O6)[C@@H](C)O5)[C@H](O)[C@@H](C)O4)c(O)c3C2=O)[C@@]2(O[C@H]3CC[C@H](O)[C@@H](C)O3)C(=O)C[C@](C)(O)C[C@]12O. The number of ketones is 3. The molecule has 8 rings (SSSR count). The highest BCUT2D eigenvalue weighted by Crippen LogP contribution is 2.58. The Bertz CT molecular complexity index is 2010. The first-order valence-electron chi connectivity index (χ1n) is 21.5. The quantitative estimate of drug-likeness (QED) is 0.197. The Morgan fingerprint density at radius 3 is 2.08 bits per heavy atom. The molecule has 0 radical (unpaired) electrons. The third-order valence-electron chi connectivity index (χ3n) is 13.7. The molecule has 7 aliphatic rings. The fraction of sp³-hybridized carbons (Fsp3) is 0.705. The molecule has 4 aliphatic heterocycles. The molecule has 17 atom stereocenters. The molecule has 3 aliphatic carbocycles. The zero-order valence-electron chi connectivity index (χ0n) is 35.6. The number of benzene rings is 1. The second-order valence-corrected chi connectivity index (χ2v) is 19.1. The summed E-state index contributed by atoms with van der Waals surface area (Å²) in [6.07, 6.45) is -7.94. The molecular weight excluding hydrogens is 833 g/mol. The van der Waals surface area contributed by atoms with Crippen molar-refractivity contribution >= 4 is 29.1 Å². The molecule has 0 amide bonds. The van der Waals surface area contributed by atoms with Crippen LogP contribution in [0.5, 0.6) is 5.75 Å². The average Bonchev–Trinajstić information content (AvgIpc) is 3.19. The lowest BCUT2D eigenvalue weighted by Crippen LogP contribution is -2.72. The van der Waals surface area contributed by atoms with Gasteiger partial charge in [0.1, 0.15) is 23.6 Å². The second kappa shape index (κ2) is 17.0. The van der Waals surface area contributed by atoms with E-state index in [1.54, 1.807) is 27.0 Å². The molecule has 0 aromatic heterocycles. The first kappa shape index (κ1) is 45.9. The van der Waals surface area contributed by atoms with Gasteiger partial charge >= 0.3 is 0 Å². The van der Waals surface area contributed by atoms with Crippen LogP contribution in [0.4, 0.5) is 0 Å². The van der Waals surface area contributed by atoms with Crippen molar-refractivity contribution in [2.75, 3.05) is 6.26 Å². The smallest absolute Gasteiger partial charge is 0.198 e. The van der Waals surface area contributed by atoms with Gasteiger partial charge in [0.2, 0.25) is 0 Å². The summed E-state index contributed by atoms with van der Waals surface area (Å²) < 4.78 is 43.0. The number of aromatic hydroxyl groups is 1. The Labute approximate surface area is 363 Å². The van der Waals surface area contributed by atoms with E-state index in [-0.39, 0.29) is 52.9 Å². The van der Waals surface area contributed by atoms with Gasteiger partial charge in [0.15, 0.2) is 41.8 Å². The van der Waals surface area contributed by atoms with Crippen LogP contribution in [-0.2, 0) is 38.0 Å². The predicted molar refractivity (Wildman–Crippen MR) is 217 cm³/mol. The topological polar surface area (TPSA) is 257 Å². The minimum atomic E-state index is -2.50. The summed E-state index contributed by atoms with van der Waals surface area (Å²) in [5.41, 5.74) is -7.62. The summed E-state index contributed by atoms with van der Waals surface area (Å²) in [5.74, 6) is -3.02. The number of hydrogen-bond donors (Lipinski definition) is 7. The first-order chi connectivity index (χ1) is 29.2. The molecule has 1 aromatic rings. The maximum Gasteiger partial charge on any atom is 0.198 e. The highest BCUT2D eigenvalue weighted by Gasteiger charge is 2.71. The van der Waals surface area contributed by atoms with Crippen molar-refractivity contribution in [3.63, 3.8) is 0 Å². The van der Waals surface area contributed by atoms with Crippen molar-refractivity contribution in [3.8, 4) is 5.75 Å². The summed E-state index contributed by atoms with van der Waals surface area (Å²) in [7, 11) is 0. The van der Waals surface area contributed by atoms with E-state index >= 15 is 0 Å². The van der Waals surface area contributed by atoms with E-state index in [2.05, 4.69) is 0 Å². The molecule has 1 saturated carbocycles. The van der Waals surface area contributed by atoms with Crippen LogP contribution in [0.1, 0.15) is 118 Å². The number of ether oxygens (including phenoxy) is 7. The molecule has 0 spiro atoms. The molecule has 342 valence electrons. The number of fused-ring (bicyclic) bond motifs is 3. The summed E-state index contributed by atoms with van der Waals surface area (Å²) in [5, 5.41) is 77.8. The molecule has 0 unspecified atom stereocenters. The Balaban J connectivity index is 1.06. The minimum absolute atomic E-state index is 0.0274. The third-order valence-corrected chi connectivity index (χ3v) is 14.6. The van der Waals surface area contributed by atoms with Crippen LogP contribution in [0.2, 0.25) is 0 Å². The molecule has 1 aromatic carbocycles. The fourth-order valence-corrected chi connectivity index (χ4v) is 11.1. The van der Waals surface area contributed by atoms with Crippen LogP contribution < -0.4 is 0 Å². The van der Waals surface area contributed by atoms with E-state index in [9.17, 15) is 50.1 Å². The van der Waals surface area contributed by atoms with Crippen LogP contribution in [0.15, 0.2) is 34.3 Å². The van der Waals surface area contributed by atoms with Gasteiger partial charge < -0.3 is 68.9 Å². The van der Waals surface area contributed by atoms with Crippen LogP contribution >= 0.6 is 11.8 Å². The van der Waals surface area contributed by atoms with E-state index in [0.29, 0.717) is 12.8 Å². The number of phenolic OH excluding ortho intramolecular Hbond substituents is 1. The van der Waals surface area contributed by atoms with Gasteiger partial charge in [-0.2, -0.15) is 0 Å². The zero-order chi connectivity index (χ0) is 44.8. The summed E-state index contributed by atoms with van der Waals surface area (Å²) >= 11 is 1.02. The molecular formula is C44H58O17S. The molecule has 4 saturated heterocycles. The van der Waals surface area contributed by atoms with E-state index in [1.165, 1.54) is 25.1 Å². The number of allylic oxidation sites excluding steroid dienone is 2. The largest absolute Gasteiger partial charge is 0.507 e. The Morgan fingerprint density at radius 2 is 1.40 bits per heavy atom. The van der Waals surface area contributed by atoms with Crippen molar-refractivity contribution in [1.82, 2.24) is 0 Å². The predicted octanol–water partition coefficient (Wildman–Crippen LogP) is 2.18. The van der Waals surface area contributed by atoms with Gasteiger partial charge in [0.05, 0.1) is 71.7 Å². The van der Waals surface area contributed by atoms with Crippen LogP contribution in [-0.4, -0.2) is 156 Å². The maximum atomic E-state index is 14.9. The average molecular weight is 891 g/mol. The molecule has 5 fully saturated rings. The molecule has 17 nitrogen and oxygen atoms in total. The molecule has 62 heavy (non-hydrogen) atoms. The monoisotopic (exact) mass is 890 g/mol. The van der Waals surface area contributed by atoms with E-state index in [1.807, 2.05) is 6.92 Å². The van der Waals surface area contributed by atoms with Crippen LogP contribution in [0, 0.1) is 0 Å². The van der Waals surface area contributed by atoms with Gasteiger partial charge in [-0.1, -0.05) is 6.07 Å². The highest BCUT2D eigenvalue weighted by molar-refractivity contribution is 8.02. The highest BCUT2D eigenvalue weighted by atomic mass is 32.2. The van der Waals surface area contributed by atoms with Gasteiger partial charge in [-0.05, 0) is 65.9 Å². The van der Waals surface area contributed by atoms with Gasteiger partial charge in [-0.25, -0.2) is 0 Å². The number of thioether (sulfide) groups is 1. The number of carbonyl (C=O) groups is 3. The first-order valence-corrected chi connectivity index (χ1v) is 22.7. The molecule has 4 heterocycles. The molecule has 18 heteroatoms. The minimum Gasteiger partial charge on any atom is -0.507 e. The number of rotatable bonds is 8. The fourth-order valence-electron chi connectivity index (χ4n) is 10.3. The summed E-state index contributed by atoms with van der Waals surface area (Å²) in [6, 6.07) is 2.79. The Hall–Kier alpha value is -2.66. The Kier molecular flexibility index (Phi) is 12.6. The van der Waals surface area contributed by atoms with E-state index in [4.69, 9.17) is 33.2 Å². The number of aliphatic hydroxyl groups is 6. The number of carbonyl (C=O) groups excluding carboxylic acids is 3. The third kappa shape index (κ3) is 7.74. The zero-order valence-corrected chi connectivity index (χ0v) is 36.4. The van der Waals surface area contributed by atoms with Gasteiger partial charge in [-0.15, -0.1) is 11.8 Å². The van der Waals surface area contributed by atoms with Crippen molar-refractivity contribution in [3.05, 3.63) is 51.0 Å². The van der Waals surface area contributed by atoms with Crippen molar-refractivity contribution in [2.45, 2.75) is 189 Å². The number of Topliss-reactive ketones (excluding diaryl/α,β-unsaturated/α-hetero) is 3. The van der Waals surface area contributed by atoms with Gasteiger partial charge in [-0.3, -0.25) is 14.4 Å². The maximum absolute atomic E-state index is 14.9. The van der Waals surface area contributed by atoms with Crippen molar-refractivity contribution < 1.29 is 83.3 Å². The summed E-state index contributed by atoms with van der Waals surface area (Å²) in [6.45, 7) is 8.15. The lowest BCUT2D eigenvalue weighted by molar-refractivity contribution is -0.306. The van der Waals surface area contributed by atoms with Gasteiger partial charge in [0, 0.05) is 60.1 Å². The van der Waals surface area contributed by atoms with Crippen LogP contribution in [0.3, 0.4) is 0 Å². The number of phenols is 1. The number of hydrogen-bond acceptors (Lipinski definition) is 18. The van der Waals surface area contributed by atoms with Crippen molar-refractivity contribution in [2.24, 2.45) is 0 Å². The Morgan fingerprint density at radius 1 is 0.742 bits per heavy atom. The normalized spacial score (nSPS) is 45.0. The lowest BCUT2D eigenvalue weighted by atomic mass is 9.57. The van der Waals surface area contributed by atoms with Crippen LogP contribution in [0.25, 0.3) is 0 Å². The molecule has 0 bridgehead atoms. The summed E-state index contributed by atoms with van der Waals surface area (Å²) in [4.78, 5) is 44.3. The van der Waals surface area contributed by atoms with E-state index < -0.39 is 144 Å². The van der Waals surface area contributed by atoms with Crippen molar-refractivity contribution in [1.29, 1.82) is 0 Å². The number of aliphatic hydroxyl groups excluding tert-OH is 4.